The van der Waals surface area contributed by atoms with Gasteiger partial charge in [0.15, 0.2) is 5.82 Å². The van der Waals surface area contributed by atoms with Gasteiger partial charge in [-0.3, -0.25) is 4.79 Å². The van der Waals surface area contributed by atoms with Crippen LogP contribution in [-0.2, 0) is 0 Å². The van der Waals surface area contributed by atoms with E-state index in [2.05, 4.69) is 26.6 Å². The van der Waals surface area contributed by atoms with Gasteiger partial charge in [-0.15, -0.1) is 0 Å². The molecule has 30 heavy (non-hydrogen) atoms. The van der Waals surface area contributed by atoms with Crippen molar-refractivity contribution in [2.24, 2.45) is 0 Å². The minimum atomic E-state index is -0.0841. The van der Waals surface area contributed by atoms with Gasteiger partial charge < -0.3 is 10.6 Å². The van der Waals surface area contributed by atoms with Crippen molar-refractivity contribution in [1.29, 1.82) is 0 Å². The summed E-state index contributed by atoms with van der Waals surface area (Å²) < 4.78 is 0.977. The minimum Gasteiger partial charge on any atom is -0.368 e. The first-order valence-corrected chi connectivity index (χ1v) is 10.5. The molecule has 0 aliphatic carbocycles. The second kappa shape index (κ2) is 9.05. The number of anilines is 1. The molecule has 3 aromatic carbocycles. The monoisotopic (exact) mass is 460 g/mol. The van der Waals surface area contributed by atoms with E-state index >= 15 is 0 Å². The largest absolute Gasteiger partial charge is 0.368 e. The van der Waals surface area contributed by atoms with Gasteiger partial charge in [-0.2, -0.15) is 0 Å². The van der Waals surface area contributed by atoms with Crippen molar-refractivity contribution in [2.75, 3.05) is 18.4 Å². The maximum Gasteiger partial charge on any atom is 0.251 e. The first kappa shape index (κ1) is 20.0. The zero-order valence-corrected chi connectivity index (χ0v) is 18.1. The molecule has 0 aliphatic heterocycles. The Hall–Kier alpha value is -3.25. The lowest BCUT2D eigenvalue weighted by Crippen LogP contribution is -2.28. The summed E-state index contributed by atoms with van der Waals surface area (Å²) in [6.45, 7) is 3.04. The van der Waals surface area contributed by atoms with Gasteiger partial charge in [-0.05, 0) is 43.3 Å². The predicted octanol–water partition coefficient (Wildman–Crippen LogP) is 5.21. The lowest BCUT2D eigenvalue weighted by Gasteiger charge is -2.12. The third-order valence-corrected chi connectivity index (χ3v) is 5.20. The molecule has 150 valence electrons. The highest BCUT2D eigenvalue weighted by Gasteiger charge is 2.10. The van der Waals surface area contributed by atoms with Crippen molar-refractivity contribution < 1.29 is 4.79 Å². The van der Waals surface area contributed by atoms with Crippen LogP contribution < -0.4 is 10.6 Å². The highest BCUT2D eigenvalue weighted by Crippen LogP contribution is 2.26. The van der Waals surface area contributed by atoms with Crippen molar-refractivity contribution in [3.8, 4) is 11.4 Å². The molecule has 4 aromatic rings. The number of amides is 1. The molecule has 6 heteroatoms. The third kappa shape index (κ3) is 4.66. The van der Waals surface area contributed by atoms with E-state index in [9.17, 15) is 4.79 Å². The molecular weight excluding hydrogens is 440 g/mol. The van der Waals surface area contributed by atoms with Crippen LogP contribution in [0.15, 0.2) is 77.3 Å². The molecule has 1 aromatic heterocycles. The van der Waals surface area contributed by atoms with Crippen LogP contribution in [0.2, 0.25) is 0 Å². The lowest BCUT2D eigenvalue weighted by atomic mass is 10.1. The Morgan fingerprint density at radius 1 is 0.933 bits per heavy atom. The summed E-state index contributed by atoms with van der Waals surface area (Å²) in [7, 11) is 0. The predicted molar refractivity (Wildman–Crippen MR) is 125 cm³/mol. The second-order valence-electron chi connectivity index (χ2n) is 6.97. The van der Waals surface area contributed by atoms with Crippen LogP contribution in [-0.4, -0.2) is 29.0 Å². The average Bonchev–Trinajstić information content (AvgIpc) is 2.76. The SMILES string of the molecule is Cc1ccc(C(=O)NCCNc2nc(-c3cccc(Br)c3)nc3ccccc23)cc1. The summed E-state index contributed by atoms with van der Waals surface area (Å²) in [5.74, 6) is 1.32. The summed E-state index contributed by atoms with van der Waals surface area (Å²) in [6, 6.07) is 23.4. The molecule has 0 saturated heterocycles. The average molecular weight is 461 g/mol. The van der Waals surface area contributed by atoms with Crippen LogP contribution in [0.25, 0.3) is 22.3 Å². The fourth-order valence-electron chi connectivity index (χ4n) is 3.13. The summed E-state index contributed by atoms with van der Waals surface area (Å²) in [6.07, 6.45) is 0. The van der Waals surface area contributed by atoms with E-state index in [1.54, 1.807) is 0 Å². The van der Waals surface area contributed by atoms with E-state index in [1.165, 1.54) is 0 Å². The molecule has 0 fully saturated rings. The number of hydrogen-bond donors (Lipinski definition) is 2. The van der Waals surface area contributed by atoms with Gasteiger partial charge >= 0.3 is 0 Å². The van der Waals surface area contributed by atoms with E-state index < -0.39 is 0 Å². The molecule has 0 saturated carbocycles. The van der Waals surface area contributed by atoms with Crippen molar-refractivity contribution in [3.05, 3.63) is 88.4 Å². The maximum atomic E-state index is 12.3. The summed E-state index contributed by atoms with van der Waals surface area (Å²) in [5, 5.41) is 7.24. The standard InChI is InChI=1S/C24H21BrN4O/c1-16-9-11-17(12-10-16)24(30)27-14-13-26-23-20-7-2-3-8-21(20)28-22(29-23)18-5-4-6-19(25)15-18/h2-12,15H,13-14H2,1H3,(H,27,30)(H,26,28,29). The van der Waals surface area contributed by atoms with E-state index in [0.717, 1.165) is 32.3 Å². The number of carbonyl (C=O) groups excluding carboxylic acids is 1. The number of rotatable bonds is 6. The van der Waals surface area contributed by atoms with Crippen LogP contribution in [0.5, 0.6) is 0 Å². The summed E-state index contributed by atoms with van der Waals surface area (Å²) in [5.41, 5.74) is 3.59. The van der Waals surface area contributed by atoms with Crippen molar-refractivity contribution in [1.82, 2.24) is 15.3 Å². The highest BCUT2D eigenvalue weighted by molar-refractivity contribution is 9.10. The normalized spacial score (nSPS) is 10.7. The second-order valence-corrected chi connectivity index (χ2v) is 7.89. The quantitative estimate of drug-likeness (QED) is 0.387. The number of nitrogens with one attached hydrogen (secondary N) is 2. The molecule has 2 N–H and O–H groups in total. The number of halogens is 1. The maximum absolute atomic E-state index is 12.3. The fraction of sp³-hybridized carbons (Fsp3) is 0.125. The molecule has 0 unspecified atom stereocenters. The molecular formula is C24H21BrN4O. The van der Waals surface area contributed by atoms with Crippen LogP contribution >= 0.6 is 15.9 Å². The number of nitrogens with zero attached hydrogens (tertiary/aromatic N) is 2. The van der Waals surface area contributed by atoms with Crippen molar-refractivity contribution in [3.63, 3.8) is 0 Å². The number of hydrogen-bond acceptors (Lipinski definition) is 4. The molecule has 0 spiro atoms. The molecule has 0 atom stereocenters. The van der Waals surface area contributed by atoms with Gasteiger partial charge in [0, 0.05) is 34.1 Å². The molecule has 0 bridgehead atoms. The molecule has 0 radical (unpaired) electrons. The minimum absolute atomic E-state index is 0.0841. The number of aromatic nitrogens is 2. The topological polar surface area (TPSA) is 66.9 Å². The molecule has 5 nitrogen and oxygen atoms in total. The molecule has 1 amide bonds. The molecule has 4 rings (SSSR count). The van der Waals surface area contributed by atoms with Crippen LogP contribution in [0.4, 0.5) is 5.82 Å². The van der Waals surface area contributed by atoms with E-state index in [-0.39, 0.29) is 5.91 Å². The smallest absolute Gasteiger partial charge is 0.251 e. The lowest BCUT2D eigenvalue weighted by molar-refractivity contribution is 0.0955. The van der Waals surface area contributed by atoms with Gasteiger partial charge in [0.2, 0.25) is 0 Å². The number of fused-ring (bicyclic) bond motifs is 1. The Bertz CT molecular complexity index is 1190. The molecule has 0 aliphatic rings. The first-order chi connectivity index (χ1) is 14.6. The zero-order chi connectivity index (χ0) is 20.9. The van der Waals surface area contributed by atoms with Gasteiger partial charge in [0.05, 0.1) is 5.52 Å². The van der Waals surface area contributed by atoms with Crippen LogP contribution in [0, 0.1) is 6.92 Å². The number of carbonyl (C=O) groups is 1. The summed E-state index contributed by atoms with van der Waals surface area (Å²) >= 11 is 3.50. The first-order valence-electron chi connectivity index (χ1n) is 9.71. The Kier molecular flexibility index (Phi) is 6.05. The Morgan fingerprint density at radius 3 is 2.53 bits per heavy atom. The molecule has 1 heterocycles. The zero-order valence-electron chi connectivity index (χ0n) is 16.5. The Morgan fingerprint density at radius 2 is 1.73 bits per heavy atom. The van der Waals surface area contributed by atoms with Crippen LogP contribution in [0.3, 0.4) is 0 Å². The number of benzene rings is 3. The highest BCUT2D eigenvalue weighted by atomic mass is 79.9. The number of para-hydroxylation sites is 1. The van der Waals surface area contributed by atoms with Gasteiger partial charge in [0.1, 0.15) is 5.82 Å². The van der Waals surface area contributed by atoms with E-state index in [1.807, 2.05) is 79.7 Å². The van der Waals surface area contributed by atoms with Crippen molar-refractivity contribution in [2.45, 2.75) is 6.92 Å². The van der Waals surface area contributed by atoms with E-state index in [0.29, 0.717) is 24.5 Å². The fourth-order valence-corrected chi connectivity index (χ4v) is 3.53. The van der Waals surface area contributed by atoms with Gasteiger partial charge in [0.25, 0.3) is 5.91 Å². The summed E-state index contributed by atoms with van der Waals surface area (Å²) in [4.78, 5) is 21.7. The van der Waals surface area contributed by atoms with Crippen LogP contribution in [0.1, 0.15) is 15.9 Å². The van der Waals surface area contributed by atoms with Gasteiger partial charge in [-0.25, -0.2) is 9.97 Å². The Labute approximate surface area is 183 Å². The Balaban J connectivity index is 1.49. The van der Waals surface area contributed by atoms with Gasteiger partial charge in [-0.1, -0.05) is 57.9 Å². The number of aryl methyl sites for hydroxylation is 1. The third-order valence-electron chi connectivity index (χ3n) is 4.70. The van der Waals surface area contributed by atoms with Crippen molar-refractivity contribution >= 4 is 38.6 Å². The van der Waals surface area contributed by atoms with E-state index in [4.69, 9.17) is 9.97 Å².